The molecule has 3 rings (SSSR count). The summed E-state index contributed by atoms with van der Waals surface area (Å²) in [5.41, 5.74) is 1.76. The summed E-state index contributed by atoms with van der Waals surface area (Å²) >= 11 is 0. The molecule has 0 unspecified atom stereocenters. The first-order chi connectivity index (χ1) is 12.4. The number of carbonyl (C=O) groups excluding carboxylic acids is 3. The van der Waals surface area contributed by atoms with Gasteiger partial charge in [0.1, 0.15) is 0 Å². The highest BCUT2D eigenvalue weighted by molar-refractivity contribution is 6.04. The number of hydrogen-bond donors (Lipinski definition) is 1. The minimum Gasteiger partial charge on any atom is -0.452 e. The Kier molecular flexibility index (Phi) is 5.16. The van der Waals surface area contributed by atoms with Gasteiger partial charge in [0.05, 0.1) is 17.6 Å². The van der Waals surface area contributed by atoms with Crippen molar-refractivity contribution in [3.05, 3.63) is 41.6 Å². The molecule has 0 aliphatic heterocycles. The van der Waals surface area contributed by atoms with E-state index in [1.165, 1.54) is 11.9 Å². The molecule has 7 nitrogen and oxygen atoms in total. The summed E-state index contributed by atoms with van der Waals surface area (Å²) in [4.78, 5) is 41.9. The second kappa shape index (κ2) is 7.51. The number of likely N-dealkylation sites (N-methyl/N-ethyl adjacent to an activating group) is 1. The normalized spacial score (nSPS) is 13.3. The third kappa shape index (κ3) is 4.36. The van der Waals surface area contributed by atoms with E-state index < -0.39 is 18.5 Å². The minimum atomic E-state index is -0.587. The maximum atomic E-state index is 12.4. The topological polar surface area (TPSA) is 88.6 Å². The van der Waals surface area contributed by atoms with Gasteiger partial charge in [-0.1, -0.05) is 18.2 Å². The number of aromatic nitrogens is 1. The summed E-state index contributed by atoms with van der Waals surface area (Å²) in [7, 11) is 1.51. The third-order valence-electron chi connectivity index (χ3n) is 4.14. The predicted molar refractivity (Wildman–Crippen MR) is 95.6 cm³/mol. The predicted octanol–water partition coefficient (Wildman–Crippen LogP) is 1.44. The van der Waals surface area contributed by atoms with Crippen LogP contribution in [0.3, 0.4) is 0 Å². The molecule has 1 aliphatic rings. The summed E-state index contributed by atoms with van der Waals surface area (Å²) in [5, 5.41) is 3.48. The van der Waals surface area contributed by atoms with Gasteiger partial charge in [0, 0.05) is 24.2 Å². The lowest BCUT2D eigenvalue weighted by molar-refractivity contribution is -0.137. The molecule has 0 radical (unpaired) electrons. The Hall–Kier alpha value is -2.96. The Labute approximate surface area is 151 Å². The molecule has 1 aromatic carbocycles. The number of amides is 2. The van der Waals surface area contributed by atoms with Crippen LogP contribution in [0.2, 0.25) is 0 Å². The first kappa shape index (κ1) is 17.8. The Bertz CT molecular complexity index is 861. The van der Waals surface area contributed by atoms with E-state index in [4.69, 9.17) is 4.74 Å². The Morgan fingerprint density at radius 3 is 2.73 bits per heavy atom. The van der Waals surface area contributed by atoms with Crippen molar-refractivity contribution in [2.24, 2.45) is 0 Å². The van der Waals surface area contributed by atoms with Gasteiger partial charge in [-0.15, -0.1) is 0 Å². The molecule has 0 saturated heterocycles. The molecule has 26 heavy (non-hydrogen) atoms. The molecule has 1 fully saturated rings. The number of esters is 1. The van der Waals surface area contributed by atoms with E-state index in [2.05, 4.69) is 10.3 Å². The molecule has 2 amide bonds. The van der Waals surface area contributed by atoms with Crippen LogP contribution in [0.25, 0.3) is 10.9 Å². The average Bonchev–Trinajstić information content (AvgIpc) is 3.42. The summed E-state index contributed by atoms with van der Waals surface area (Å²) in [6.45, 7) is 1.33. The molecule has 0 spiro atoms. The number of para-hydroxylation sites is 1. The molecular formula is C19H21N3O4. The number of fused-ring (bicyclic) bond motifs is 1. The van der Waals surface area contributed by atoms with Gasteiger partial charge in [0.2, 0.25) is 5.91 Å². The lowest BCUT2D eigenvalue weighted by Crippen LogP contribution is -2.40. The molecule has 0 bridgehead atoms. The minimum absolute atomic E-state index is 0.0514. The molecule has 1 heterocycles. The van der Waals surface area contributed by atoms with Gasteiger partial charge < -0.3 is 15.0 Å². The van der Waals surface area contributed by atoms with Crippen LogP contribution >= 0.6 is 0 Å². The largest absolute Gasteiger partial charge is 0.452 e. The average molecular weight is 355 g/mol. The van der Waals surface area contributed by atoms with Crippen LogP contribution in [-0.4, -0.2) is 53.9 Å². The summed E-state index contributed by atoms with van der Waals surface area (Å²) in [6.07, 6.45) is 1.97. The zero-order valence-corrected chi connectivity index (χ0v) is 14.8. The summed E-state index contributed by atoms with van der Waals surface area (Å²) in [6, 6.07) is 9.14. The van der Waals surface area contributed by atoms with Gasteiger partial charge in [-0.25, -0.2) is 4.79 Å². The van der Waals surface area contributed by atoms with Crippen LogP contribution in [0, 0.1) is 6.92 Å². The highest BCUT2D eigenvalue weighted by atomic mass is 16.5. The van der Waals surface area contributed by atoms with Crippen molar-refractivity contribution in [3.8, 4) is 0 Å². The Balaban J connectivity index is 1.59. The highest BCUT2D eigenvalue weighted by Gasteiger charge is 2.24. The van der Waals surface area contributed by atoms with Gasteiger partial charge >= 0.3 is 5.97 Å². The fourth-order valence-corrected chi connectivity index (χ4v) is 2.60. The standard InChI is InChI=1S/C19H21N3O4/c1-12-9-15(14-5-3-4-6-16(14)20-12)19(25)26-11-18(24)22(2)10-17(23)21-13-7-8-13/h3-6,9,13H,7-8,10-11H2,1-2H3,(H,21,23). The molecule has 0 atom stereocenters. The molecule has 1 aliphatic carbocycles. The fourth-order valence-electron chi connectivity index (χ4n) is 2.60. The molecule has 1 N–H and O–H groups in total. The van der Waals surface area contributed by atoms with Crippen molar-refractivity contribution in [2.75, 3.05) is 20.2 Å². The quantitative estimate of drug-likeness (QED) is 0.792. The molecule has 2 aromatic rings. The van der Waals surface area contributed by atoms with Crippen LogP contribution in [0.4, 0.5) is 0 Å². The van der Waals surface area contributed by atoms with Crippen LogP contribution in [0.1, 0.15) is 28.9 Å². The summed E-state index contributed by atoms with van der Waals surface area (Å²) < 4.78 is 5.16. The van der Waals surface area contributed by atoms with Crippen molar-refractivity contribution < 1.29 is 19.1 Å². The van der Waals surface area contributed by atoms with Gasteiger partial charge in [-0.2, -0.15) is 0 Å². The number of carbonyl (C=O) groups is 3. The monoisotopic (exact) mass is 355 g/mol. The molecule has 1 saturated carbocycles. The van der Waals surface area contributed by atoms with E-state index in [1.54, 1.807) is 19.1 Å². The SMILES string of the molecule is Cc1cc(C(=O)OCC(=O)N(C)CC(=O)NC2CC2)c2ccccc2n1. The Morgan fingerprint density at radius 2 is 2.00 bits per heavy atom. The fraction of sp³-hybridized carbons (Fsp3) is 0.368. The second-order valence-corrected chi connectivity index (χ2v) is 6.50. The molecular weight excluding hydrogens is 334 g/mol. The van der Waals surface area contributed by atoms with Crippen molar-refractivity contribution >= 4 is 28.7 Å². The van der Waals surface area contributed by atoms with E-state index in [0.717, 1.165) is 12.8 Å². The van der Waals surface area contributed by atoms with E-state index >= 15 is 0 Å². The van der Waals surface area contributed by atoms with Crippen molar-refractivity contribution in [3.63, 3.8) is 0 Å². The number of benzene rings is 1. The lowest BCUT2D eigenvalue weighted by Gasteiger charge is -2.17. The number of rotatable bonds is 6. The van der Waals surface area contributed by atoms with Crippen molar-refractivity contribution in [1.29, 1.82) is 0 Å². The Morgan fingerprint density at radius 1 is 1.27 bits per heavy atom. The first-order valence-corrected chi connectivity index (χ1v) is 8.51. The van der Waals surface area contributed by atoms with Gasteiger partial charge in [-0.3, -0.25) is 14.6 Å². The zero-order valence-electron chi connectivity index (χ0n) is 14.8. The highest BCUT2D eigenvalue weighted by Crippen LogP contribution is 2.19. The first-order valence-electron chi connectivity index (χ1n) is 8.51. The molecule has 1 aromatic heterocycles. The van der Waals surface area contributed by atoms with Crippen molar-refractivity contribution in [2.45, 2.75) is 25.8 Å². The number of nitrogens with zero attached hydrogens (tertiary/aromatic N) is 2. The van der Waals surface area contributed by atoms with E-state index in [9.17, 15) is 14.4 Å². The second-order valence-electron chi connectivity index (χ2n) is 6.50. The van der Waals surface area contributed by atoms with Crippen LogP contribution < -0.4 is 5.32 Å². The van der Waals surface area contributed by atoms with Gasteiger partial charge in [0.25, 0.3) is 5.91 Å². The number of ether oxygens (including phenoxy) is 1. The van der Waals surface area contributed by atoms with Crippen LogP contribution in [0.15, 0.2) is 30.3 Å². The third-order valence-corrected chi connectivity index (χ3v) is 4.14. The smallest absolute Gasteiger partial charge is 0.339 e. The van der Waals surface area contributed by atoms with Crippen molar-refractivity contribution in [1.82, 2.24) is 15.2 Å². The number of aryl methyl sites for hydroxylation is 1. The molecule has 136 valence electrons. The number of nitrogens with one attached hydrogen (secondary N) is 1. The zero-order chi connectivity index (χ0) is 18.7. The number of hydrogen-bond acceptors (Lipinski definition) is 5. The lowest BCUT2D eigenvalue weighted by atomic mass is 10.1. The van der Waals surface area contributed by atoms with E-state index in [1.807, 2.05) is 18.2 Å². The molecule has 7 heteroatoms. The maximum absolute atomic E-state index is 12.4. The van der Waals surface area contributed by atoms with Gasteiger partial charge in [0.15, 0.2) is 6.61 Å². The van der Waals surface area contributed by atoms with Gasteiger partial charge in [-0.05, 0) is 31.9 Å². The van der Waals surface area contributed by atoms with E-state index in [0.29, 0.717) is 22.2 Å². The summed E-state index contributed by atoms with van der Waals surface area (Å²) in [5.74, 6) is -1.22. The van der Waals surface area contributed by atoms with Crippen LogP contribution in [0.5, 0.6) is 0 Å². The maximum Gasteiger partial charge on any atom is 0.339 e. The van der Waals surface area contributed by atoms with E-state index in [-0.39, 0.29) is 18.5 Å². The number of pyridine rings is 1. The van der Waals surface area contributed by atoms with Crippen LogP contribution in [-0.2, 0) is 14.3 Å².